The topological polar surface area (TPSA) is 96.2 Å². The molecule has 0 spiro atoms. The molecule has 0 bridgehead atoms. The molecule has 2 aliphatic heterocycles. The lowest BCUT2D eigenvalue weighted by molar-refractivity contribution is -0.384. The maximum absolute atomic E-state index is 13.2. The van der Waals surface area contributed by atoms with E-state index in [1.54, 1.807) is 12.1 Å². The van der Waals surface area contributed by atoms with Gasteiger partial charge in [-0.1, -0.05) is 0 Å². The molecule has 0 aliphatic carbocycles. The number of anilines is 2. The van der Waals surface area contributed by atoms with Crippen LogP contribution in [0.4, 0.5) is 21.5 Å². The van der Waals surface area contributed by atoms with Crippen molar-refractivity contribution in [2.24, 2.45) is 0 Å². The molecule has 31 heavy (non-hydrogen) atoms. The molecule has 0 atom stereocenters. The zero-order valence-electron chi connectivity index (χ0n) is 16.8. The zero-order valence-corrected chi connectivity index (χ0v) is 17.6. The number of nitrogens with zero attached hydrogens (tertiary/aromatic N) is 4. The van der Waals surface area contributed by atoms with E-state index in [0.717, 1.165) is 11.8 Å². The molecule has 0 amide bonds. The van der Waals surface area contributed by atoms with E-state index in [0.29, 0.717) is 45.1 Å². The average molecular weight is 450 g/mol. The van der Waals surface area contributed by atoms with Gasteiger partial charge in [-0.05, 0) is 36.4 Å². The zero-order chi connectivity index (χ0) is 22.0. The lowest BCUT2D eigenvalue weighted by atomic mass is 10.2. The first-order valence-corrected chi connectivity index (χ1v) is 11.4. The maximum Gasteiger partial charge on any atom is 0.293 e. The van der Waals surface area contributed by atoms with Crippen molar-refractivity contribution in [2.75, 3.05) is 62.3 Å². The number of rotatable bonds is 5. The molecule has 2 aliphatic rings. The lowest BCUT2D eigenvalue weighted by Crippen LogP contribution is -2.46. The van der Waals surface area contributed by atoms with Gasteiger partial charge >= 0.3 is 0 Å². The van der Waals surface area contributed by atoms with Crippen LogP contribution >= 0.6 is 0 Å². The van der Waals surface area contributed by atoms with Gasteiger partial charge in [-0.25, -0.2) is 12.8 Å². The van der Waals surface area contributed by atoms with Crippen molar-refractivity contribution in [3.63, 3.8) is 0 Å². The highest BCUT2D eigenvalue weighted by Gasteiger charge is 2.30. The van der Waals surface area contributed by atoms with Gasteiger partial charge in [0.25, 0.3) is 5.69 Å². The lowest BCUT2D eigenvalue weighted by Gasteiger charge is -2.37. The van der Waals surface area contributed by atoms with Gasteiger partial charge in [0, 0.05) is 51.0 Å². The first-order valence-electron chi connectivity index (χ1n) is 9.98. The molecule has 2 aromatic rings. The van der Waals surface area contributed by atoms with Crippen molar-refractivity contribution in [1.82, 2.24) is 4.31 Å². The van der Waals surface area contributed by atoms with E-state index >= 15 is 0 Å². The fraction of sp³-hybridized carbons (Fsp3) is 0.400. The molecular formula is C20H23FN4O5S. The van der Waals surface area contributed by atoms with Crippen LogP contribution in [0.15, 0.2) is 47.4 Å². The van der Waals surface area contributed by atoms with E-state index in [4.69, 9.17) is 4.74 Å². The molecule has 0 saturated carbocycles. The number of piperazine rings is 1. The van der Waals surface area contributed by atoms with Gasteiger partial charge in [0.05, 0.1) is 23.0 Å². The number of ether oxygens (including phenoxy) is 1. The molecule has 2 aromatic carbocycles. The van der Waals surface area contributed by atoms with Crippen LogP contribution in [0.1, 0.15) is 0 Å². The fourth-order valence-electron chi connectivity index (χ4n) is 3.87. The van der Waals surface area contributed by atoms with Crippen LogP contribution in [0.3, 0.4) is 0 Å². The van der Waals surface area contributed by atoms with Crippen LogP contribution in [-0.4, -0.2) is 70.1 Å². The molecule has 166 valence electrons. The minimum Gasteiger partial charge on any atom is -0.379 e. The number of morpholine rings is 1. The van der Waals surface area contributed by atoms with Crippen molar-refractivity contribution >= 4 is 27.1 Å². The molecule has 2 fully saturated rings. The van der Waals surface area contributed by atoms with E-state index in [-0.39, 0.29) is 29.5 Å². The van der Waals surface area contributed by atoms with Crippen LogP contribution in [0.5, 0.6) is 0 Å². The Labute approximate surface area is 179 Å². The van der Waals surface area contributed by atoms with Crippen LogP contribution in [0, 0.1) is 15.9 Å². The van der Waals surface area contributed by atoms with Crippen LogP contribution < -0.4 is 9.80 Å². The number of hydrogen-bond acceptors (Lipinski definition) is 7. The van der Waals surface area contributed by atoms with Gasteiger partial charge in [-0.2, -0.15) is 4.31 Å². The molecular weight excluding hydrogens is 427 g/mol. The predicted molar refractivity (Wildman–Crippen MR) is 114 cm³/mol. The van der Waals surface area contributed by atoms with Crippen molar-refractivity contribution in [1.29, 1.82) is 0 Å². The van der Waals surface area contributed by atoms with Crippen molar-refractivity contribution < 1.29 is 22.5 Å². The summed E-state index contributed by atoms with van der Waals surface area (Å²) in [4.78, 5) is 15.1. The van der Waals surface area contributed by atoms with Crippen molar-refractivity contribution in [3.8, 4) is 0 Å². The molecule has 9 nitrogen and oxygen atoms in total. The summed E-state index contributed by atoms with van der Waals surface area (Å²) >= 11 is 0. The number of nitro benzene ring substituents is 1. The molecule has 2 saturated heterocycles. The van der Waals surface area contributed by atoms with Gasteiger partial charge < -0.3 is 14.5 Å². The van der Waals surface area contributed by atoms with Crippen LogP contribution in [0.2, 0.25) is 0 Å². The maximum atomic E-state index is 13.2. The summed E-state index contributed by atoms with van der Waals surface area (Å²) < 4.78 is 45.4. The summed E-state index contributed by atoms with van der Waals surface area (Å²) in [5.41, 5.74) is 1.05. The van der Waals surface area contributed by atoms with E-state index in [1.165, 1.54) is 28.6 Å². The number of hydrogen-bond donors (Lipinski definition) is 0. The predicted octanol–water partition coefficient (Wildman–Crippen LogP) is 2.08. The summed E-state index contributed by atoms with van der Waals surface area (Å²) in [6.45, 7) is 3.32. The Balaban J connectivity index is 1.54. The Morgan fingerprint density at radius 2 is 1.52 bits per heavy atom. The third-order valence-corrected chi connectivity index (χ3v) is 7.46. The molecule has 4 rings (SSSR count). The Morgan fingerprint density at radius 3 is 2.13 bits per heavy atom. The number of benzene rings is 2. The van der Waals surface area contributed by atoms with Crippen molar-refractivity contribution in [3.05, 3.63) is 58.4 Å². The average Bonchev–Trinajstić information content (AvgIpc) is 2.80. The number of nitro groups is 1. The Morgan fingerprint density at radius 1 is 0.903 bits per heavy atom. The van der Waals surface area contributed by atoms with E-state index in [9.17, 15) is 22.9 Å². The highest BCUT2D eigenvalue weighted by Crippen LogP contribution is 2.33. The minimum atomic E-state index is -3.82. The molecule has 0 unspecified atom stereocenters. The smallest absolute Gasteiger partial charge is 0.293 e. The Bertz CT molecular complexity index is 1050. The third kappa shape index (κ3) is 4.48. The summed E-state index contributed by atoms with van der Waals surface area (Å²) in [5.74, 6) is -0.301. The summed E-state index contributed by atoms with van der Waals surface area (Å²) in [5, 5.41) is 11.7. The van der Waals surface area contributed by atoms with Gasteiger partial charge in [0.2, 0.25) is 10.0 Å². The Kier molecular flexibility index (Phi) is 6.08. The standard InChI is InChI=1S/C20H23FN4O5S/c21-16-1-3-17(4-2-16)22-7-9-23(10-8-22)19-6-5-18(15-20(19)25(26)27)31(28,29)24-11-13-30-14-12-24/h1-6,15H,7-14H2. The second-order valence-corrected chi connectivity index (χ2v) is 9.31. The van der Waals surface area contributed by atoms with Gasteiger partial charge in [0.15, 0.2) is 0 Å². The van der Waals surface area contributed by atoms with E-state index in [1.807, 2.05) is 4.90 Å². The monoisotopic (exact) mass is 450 g/mol. The normalized spacial score (nSPS) is 18.2. The third-order valence-electron chi connectivity index (χ3n) is 5.56. The van der Waals surface area contributed by atoms with Gasteiger partial charge in [-0.15, -0.1) is 0 Å². The van der Waals surface area contributed by atoms with Gasteiger partial charge in [0.1, 0.15) is 11.5 Å². The minimum absolute atomic E-state index is 0.0881. The fourth-order valence-corrected chi connectivity index (χ4v) is 5.30. The highest BCUT2D eigenvalue weighted by atomic mass is 32.2. The van der Waals surface area contributed by atoms with Crippen molar-refractivity contribution in [2.45, 2.75) is 4.90 Å². The first-order chi connectivity index (χ1) is 14.9. The summed E-state index contributed by atoms with van der Waals surface area (Å²) in [6, 6.07) is 10.3. The van der Waals surface area contributed by atoms with Crippen LogP contribution in [0.25, 0.3) is 0 Å². The Hall–Kier alpha value is -2.76. The largest absolute Gasteiger partial charge is 0.379 e. The first kappa shape index (κ1) is 21.5. The molecule has 0 radical (unpaired) electrons. The molecule has 2 heterocycles. The number of sulfonamides is 1. The molecule has 0 aromatic heterocycles. The molecule has 11 heteroatoms. The quantitative estimate of drug-likeness (QED) is 0.508. The SMILES string of the molecule is O=[N+]([O-])c1cc(S(=O)(=O)N2CCOCC2)ccc1N1CCN(c2ccc(F)cc2)CC1. The molecule has 0 N–H and O–H groups in total. The second kappa shape index (κ2) is 8.77. The van der Waals surface area contributed by atoms with Gasteiger partial charge in [-0.3, -0.25) is 10.1 Å². The van der Waals surface area contributed by atoms with Crippen LogP contribution in [-0.2, 0) is 14.8 Å². The summed E-state index contributed by atoms with van der Waals surface area (Å²) in [7, 11) is -3.82. The second-order valence-electron chi connectivity index (χ2n) is 7.37. The highest BCUT2D eigenvalue weighted by molar-refractivity contribution is 7.89. The summed E-state index contributed by atoms with van der Waals surface area (Å²) in [6.07, 6.45) is 0. The van der Waals surface area contributed by atoms with E-state index < -0.39 is 14.9 Å². The number of halogens is 1. The van der Waals surface area contributed by atoms with E-state index in [2.05, 4.69) is 4.90 Å².